The molecule has 0 amide bonds. The van der Waals surface area contributed by atoms with Gasteiger partial charge >= 0.3 is 0 Å². The Morgan fingerprint density at radius 1 is 1.03 bits per heavy atom. The molecule has 1 fully saturated rings. The molecule has 0 atom stereocenters. The van der Waals surface area contributed by atoms with Gasteiger partial charge in [0.25, 0.3) is 0 Å². The van der Waals surface area contributed by atoms with E-state index >= 15 is 0 Å². The first kappa shape index (κ1) is 19.5. The molecule has 1 aromatic heterocycles. The molecule has 3 aromatic rings. The second-order valence-corrected chi connectivity index (χ2v) is 7.70. The topological polar surface area (TPSA) is 79.7 Å². The Balaban J connectivity index is 0.000000161. The first-order chi connectivity index (χ1) is 14.0. The molecule has 29 heavy (non-hydrogen) atoms. The largest absolute Gasteiger partial charge is 0.497 e. The normalized spacial score (nSPS) is 14.9. The number of thiol groups is 1. The van der Waals surface area contributed by atoms with Crippen molar-refractivity contribution in [2.24, 2.45) is 0 Å². The van der Waals surface area contributed by atoms with Crippen molar-refractivity contribution in [3.63, 3.8) is 0 Å². The van der Waals surface area contributed by atoms with E-state index in [0.29, 0.717) is 5.82 Å². The summed E-state index contributed by atoms with van der Waals surface area (Å²) in [6.45, 7) is 0. The lowest BCUT2D eigenvalue weighted by molar-refractivity contribution is 0.377. The Kier molecular flexibility index (Phi) is 5.08. The number of ether oxygens (including phenoxy) is 3. The molecule has 5 rings (SSSR count). The van der Waals surface area contributed by atoms with Crippen molar-refractivity contribution < 1.29 is 18.7 Å². The molecule has 0 saturated heterocycles. The predicted molar refractivity (Wildman–Crippen MR) is 114 cm³/mol. The summed E-state index contributed by atoms with van der Waals surface area (Å²) in [7, 11) is 4.89. The first-order valence-corrected chi connectivity index (χ1v) is 9.80. The number of rotatable bonds is 3. The van der Waals surface area contributed by atoms with Gasteiger partial charge in [0.2, 0.25) is 0 Å². The van der Waals surface area contributed by atoms with E-state index in [1.54, 1.807) is 21.3 Å². The number of nitrogens with two attached hydrogens (primary N) is 1. The van der Waals surface area contributed by atoms with Crippen LogP contribution in [0.4, 0.5) is 5.82 Å². The molecule has 2 aliphatic rings. The first-order valence-electron chi connectivity index (χ1n) is 9.36. The van der Waals surface area contributed by atoms with Gasteiger partial charge in [0.1, 0.15) is 17.2 Å². The minimum atomic E-state index is 0.272. The number of nitrogen functional groups attached to an aromatic ring is 1. The Hall–Kier alpha value is -2.80. The highest BCUT2D eigenvalue weighted by Crippen LogP contribution is 2.58. The van der Waals surface area contributed by atoms with Crippen molar-refractivity contribution >= 4 is 18.4 Å². The summed E-state index contributed by atoms with van der Waals surface area (Å²) in [5.74, 6) is 3.65. The third-order valence-corrected chi connectivity index (χ3v) is 6.07. The average molecular weight is 413 g/mol. The quantitative estimate of drug-likeness (QED) is 0.616. The third kappa shape index (κ3) is 3.40. The van der Waals surface area contributed by atoms with Gasteiger partial charge in [-0.2, -0.15) is 0 Å². The van der Waals surface area contributed by atoms with Crippen LogP contribution in [-0.2, 0) is 11.8 Å². The zero-order valence-electron chi connectivity index (χ0n) is 16.7. The van der Waals surface area contributed by atoms with E-state index in [4.69, 9.17) is 24.5 Å². The van der Waals surface area contributed by atoms with Crippen LogP contribution in [0.5, 0.6) is 17.2 Å². The fourth-order valence-electron chi connectivity index (χ4n) is 3.87. The predicted octanol–water partition coefficient (Wildman–Crippen LogP) is 4.51. The van der Waals surface area contributed by atoms with Gasteiger partial charge in [-0.15, -0.1) is 12.6 Å². The van der Waals surface area contributed by atoms with Gasteiger partial charge in [-0.1, -0.05) is 17.3 Å². The SMILES string of the molecule is COc1ccc2c(c1)-c1onc(N)c1CC21CC1.COc1cccc(OC)c1S. The summed E-state index contributed by atoms with van der Waals surface area (Å²) in [4.78, 5) is 0.734. The van der Waals surface area contributed by atoms with Crippen LogP contribution in [0.15, 0.2) is 45.8 Å². The minimum absolute atomic E-state index is 0.272. The molecule has 7 heteroatoms. The number of hydrogen-bond donors (Lipinski definition) is 2. The summed E-state index contributed by atoms with van der Waals surface area (Å²) >= 11 is 4.22. The van der Waals surface area contributed by atoms with Gasteiger partial charge in [0, 0.05) is 16.5 Å². The number of benzene rings is 2. The highest BCUT2D eigenvalue weighted by molar-refractivity contribution is 7.80. The van der Waals surface area contributed by atoms with Crippen LogP contribution in [0.25, 0.3) is 11.3 Å². The van der Waals surface area contributed by atoms with Crippen LogP contribution in [0.2, 0.25) is 0 Å². The van der Waals surface area contributed by atoms with Crippen molar-refractivity contribution in [1.82, 2.24) is 5.16 Å². The lowest BCUT2D eigenvalue weighted by Crippen LogP contribution is -2.17. The molecule has 0 aliphatic heterocycles. The number of aromatic nitrogens is 1. The van der Waals surface area contributed by atoms with Crippen molar-refractivity contribution in [3.05, 3.63) is 47.5 Å². The average Bonchev–Trinajstić information content (AvgIpc) is 3.43. The molecule has 0 radical (unpaired) electrons. The zero-order valence-corrected chi connectivity index (χ0v) is 17.6. The van der Waals surface area contributed by atoms with Crippen LogP contribution < -0.4 is 19.9 Å². The van der Waals surface area contributed by atoms with E-state index in [2.05, 4.69) is 23.9 Å². The lowest BCUT2D eigenvalue weighted by atomic mass is 9.79. The van der Waals surface area contributed by atoms with Gasteiger partial charge in [0.15, 0.2) is 11.6 Å². The summed E-state index contributed by atoms with van der Waals surface area (Å²) < 4.78 is 20.8. The van der Waals surface area contributed by atoms with Gasteiger partial charge in [-0.3, -0.25) is 0 Å². The van der Waals surface area contributed by atoms with E-state index in [9.17, 15) is 0 Å². The maximum absolute atomic E-state index is 5.90. The number of fused-ring (bicyclic) bond motifs is 4. The number of methoxy groups -OCH3 is 3. The molecular weight excluding hydrogens is 388 g/mol. The molecule has 1 saturated carbocycles. The number of hydrogen-bond acceptors (Lipinski definition) is 7. The molecule has 0 unspecified atom stereocenters. The van der Waals surface area contributed by atoms with E-state index < -0.39 is 0 Å². The molecule has 6 nitrogen and oxygen atoms in total. The smallest absolute Gasteiger partial charge is 0.172 e. The molecule has 2 aliphatic carbocycles. The minimum Gasteiger partial charge on any atom is -0.497 e. The Labute approximate surface area is 175 Å². The second-order valence-electron chi connectivity index (χ2n) is 7.26. The van der Waals surface area contributed by atoms with Crippen molar-refractivity contribution in [2.45, 2.75) is 29.6 Å². The molecule has 1 heterocycles. The maximum Gasteiger partial charge on any atom is 0.172 e. The van der Waals surface area contributed by atoms with Gasteiger partial charge in [0.05, 0.1) is 26.2 Å². The summed E-state index contributed by atoms with van der Waals surface area (Å²) in [5.41, 5.74) is 9.69. The van der Waals surface area contributed by atoms with Crippen molar-refractivity contribution in [3.8, 4) is 28.6 Å². The van der Waals surface area contributed by atoms with Gasteiger partial charge < -0.3 is 24.5 Å². The van der Waals surface area contributed by atoms with Gasteiger partial charge in [-0.05, 0) is 49.1 Å². The molecule has 0 bridgehead atoms. The summed E-state index contributed by atoms with van der Waals surface area (Å²) in [6, 6.07) is 11.7. The molecule has 152 valence electrons. The van der Waals surface area contributed by atoms with Gasteiger partial charge in [-0.25, -0.2) is 0 Å². The highest BCUT2D eigenvalue weighted by atomic mass is 32.1. The maximum atomic E-state index is 5.90. The van der Waals surface area contributed by atoms with Crippen LogP contribution in [0, 0.1) is 0 Å². The summed E-state index contributed by atoms with van der Waals surface area (Å²) in [6.07, 6.45) is 3.39. The second kappa shape index (κ2) is 7.55. The Morgan fingerprint density at radius 2 is 1.72 bits per heavy atom. The highest BCUT2D eigenvalue weighted by Gasteiger charge is 2.50. The standard InChI is InChI=1S/C14H14N2O2.C8H10O2S/c1-17-8-2-3-11-9(6-8)12-10(13(15)16-18-12)7-14(11)4-5-14;1-9-6-4-3-5-7(10-2)8(6)11/h2-3,6H,4-5,7H2,1H3,(H2,15,16);3-5,11H,1-2H3. The summed E-state index contributed by atoms with van der Waals surface area (Å²) in [5, 5.41) is 3.91. The van der Waals surface area contributed by atoms with Crippen LogP contribution in [0.3, 0.4) is 0 Å². The Morgan fingerprint density at radius 3 is 2.31 bits per heavy atom. The molecule has 2 aromatic carbocycles. The molecular formula is C22H24N2O4S. The monoisotopic (exact) mass is 412 g/mol. The lowest BCUT2D eigenvalue weighted by Gasteiger charge is -2.24. The van der Waals surface area contributed by atoms with E-state index in [-0.39, 0.29) is 5.41 Å². The zero-order chi connectivity index (χ0) is 20.6. The van der Waals surface area contributed by atoms with E-state index in [1.807, 2.05) is 30.3 Å². The van der Waals surface area contributed by atoms with Crippen molar-refractivity contribution in [1.29, 1.82) is 0 Å². The molecule has 1 spiro atoms. The van der Waals surface area contributed by atoms with E-state index in [0.717, 1.165) is 45.5 Å². The fourth-order valence-corrected chi connectivity index (χ4v) is 4.20. The van der Waals surface area contributed by atoms with E-state index in [1.165, 1.54) is 18.4 Å². The number of nitrogens with zero attached hydrogens (tertiary/aromatic N) is 1. The third-order valence-electron chi connectivity index (χ3n) is 5.63. The van der Waals surface area contributed by atoms with Crippen LogP contribution in [0.1, 0.15) is 24.0 Å². The molecule has 2 N–H and O–H groups in total. The van der Waals surface area contributed by atoms with Crippen molar-refractivity contribution in [2.75, 3.05) is 27.1 Å². The number of anilines is 1. The van der Waals surface area contributed by atoms with Crippen LogP contribution in [-0.4, -0.2) is 26.5 Å². The fraction of sp³-hybridized carbons (Fsp3) is 0.318. The Bertz CT molecular complexity index is 1020. The van der Waals surface area contributed by atoms with Crippen LogP contribution >= 0.6 is 12.6 Å².